The lowest BCUT2D eigenvalue weighted by Gasteiger charge is -2.24. The molecule has 0 aromatic rings. The van der Waals surface area contributed by atoms with Gasteiger partial charge in [0.25, 0.3) is 0 Å². The molecule has 0 heterocycles. The molecular weight excluding hydrogens is 120 g/mol. The van der Waals surface area contributed by atoms with Gasteiger partial charge in [-0.3, -0.25) is 0 Å². The van der Waals surface area contributed by atoms with Crippen LogP contribution in [0.5, 0.6) is 0 Å². The molecule has 0 N–H and O–H groups in total. The lowest BCUT2D eigenvalue weighted by molar-refractivity contribution is 0.249. The third kappa shape index (κ3) is 0.360. The van der Waals surface area contributed by atoms with Gasteiger partial charge in [-0.25, -0.2) is 0 Å². The Morgan fingerprint density at radius 2 is 2.10 bits per heavy atom. The van der Waals surface area contributed by atoms with E-state index < -0.39 is 0 Å². The first-order valence-corrected chi connectivity index (χ1v) is 4.69. The van der Waals surface area contributed by atoms with Crippen LogP contribution in [0.2, 0.25) is 0 Å². The van der Waals surface area contributed by atoms with E-state index in [9.17, 15) is 0 Å². The fourth-order valence-corrected chi connectivity index (χ4v) is 3.72. The van der Waals surface area contributed by atoms with Crippen LogP contribution in [0.4, 0.5) is 0 Å². The maximum absolute atomic E-state index is 2.52. The second-order valence-corrected chi connectivity index (χ2v) is 5.13. The Labute approximate surface area is 63.0 Å². The van der Waals surface area contributed by atoms with Crippen molar-refractivity contribution >= 4 is 0 Å². The van der Waals surface area contributed by atoms with E-state index in [1.54, 1.807) is 19.3 Å². The highest BCUT2D eigenvalue weighted by Gasteiger charge is 2.79. The summed E-state index contributed by atoms with van der Waals surface area (Å²) in [6, 6.07) is 0. The summed E-state index contributed by atoms with van der Waals surface area (Å²) in [4.78, 5) is 0. The van der Waals surface area contributed by atoms with Crippen molar-refractivity contribution in [3.63, 3.8) is 0 Å². The van der Waals surface area contributed by atoms with E-state index >= 15 is 0 Å². The predicted molar refractivity (Wildman–Crippen MR) is 41.7 cm³/mol. The monoisotopic (exact) mass is 136 g/mol. The van der Waals surface area contributed by atoms with Crippen LogP contribution in [-0.2, 0) is 0 Å². The van der Waals surface area contributed by atoms with Gasteiger partial charge in [0.05, 0.1) is 0 Å². The van der Waals surface area contributed by atoms with Gasteiger partial charge in [0.15, 0.2) is 0 Å². The van der Waals surface area contributed by atoms with Gasteiger partial charge in [-0.1, -0.05) is 13.8 Å². The van der Waals surface area contributed by atoms with Crippen molar-refractivity contribution in [3.8, 4) is 0 Å². The normalized spacial score (nSPS) is 70.2. The lowest BCUT2D eigenvalue weighted by atomic mass is 9.81. The minimum absolute atomic E-state index is 0.815. The zero-order valence-corrected chi connectivity index (χ0v) is 6.98. The first kappa shape index (κ1) is 5.62. The number of hydrogen-bond donors (Lipinski definition) is 0. The Morgan fingerprint density at radius 3 is 2.80 bits per heavy atom. The van der Waals surface area contributed by atoms with Gasteiger partial charge in [0, 0.05) is 0 Å². The second kappa shape index (κ2) is 1.19. The molecule has 0 aliphatic heterocycles. The molecule has 4 unspecified atom stereocenters. The van der Waals surface area contributed by atoms with E-state index in [2.05, 4.69) is 13.8 Å². The largest absolute Gasteiger partial charge is 0.0620 e. The molecule has 56 valence electrons. The molecule has 3 fully saturated rings. The summed E-state index contributed by atoms with van der Waals surface area (Å²) >= 11 is 0. The Hall–Kier alpha value is 0. The van der Waals surface area contributed by atoms with E-state index in [1.807, 2.05) is 0 Å². The summed E-state index contributed by atoms with van der Waals surface area (Å²) in [5.41, 5.74) is 1.74. The minimum Gasteiger partial charge on any atom is -0.0620 e. The van der Waals surface area contributed by atoms with Crippen molar-refractivity contribution in [2.24, 2.45) is 22.7 Å². The summed E-state index contributed by atoms with van der Waals surface area (Å²) in [6.07, 6.45) is 6.24. The summed E-state index contributed by atoms with van der Waals surface area (Å²) in [5, 5.41) is 0. The first-order chi connectivity index (χ1) is 4.69. The van der Waals surface area contributed by atoms with E-state index in [0.717, 1.165) is 16.7 Å². The molecule has 0 nitrogen and oxygen atoms in total. The molecule has 10 heavy (non-hydrogen) atoms. The Balaban J connectivity index is 1.98. The third-order valence-corrected chi connectivity index (χ3v) is 4.96. The highest BCUT2D eigenvalue weighted by atomic mass is 14.8. The zero-order valence-electron chi connectivity index (χ0n) is 6.98. The van der Waals surface area contributed by atoms with Crippen LogP contribution in [0.1, 0.15) is 39.5 Å². The van der Waals surface area contributed by atoms with Crippen molar-refractivity contribution in [2.75, 3.05) is 0 Å². The Bertz CT molecular complexity index is 194. The van der Waals surface area contributed by atoms with Crippen molar-refractivity contribution in [2.45, 2.75) is 39.5 Å². The summed E-state index contributed by atoms with van der Waals surface area (Å²) in [7, 11) is 0. The maximum atomic E-state index is 2.52. The van der Waals surface area contributed by atoms with E-state index in [1.165, 1.54) is 12.3 Å². The minimum atomic E-state index is 0.815. The topological polar surface area (TPSA) is 0 Å². The molecule has 4 atom stereocenters. The van der Waals surface area contributed by atoms with Gasteiger partial charge in [-0.2, -0.15) is 0 Å². The molecule has 0 heteroatoms. The Morgan fingerprint density at radius 1 is 1.30 bits per heavy atom. The summed E-state index contributed by atoms with van der Waals surface area (Å²) in [5.74, 6) is 2.21. The molecular formula is C10H16. The van der Waals surface area contributed by atoms with Gasteiger partial charge in [0.1, 0.15) is 0 Å². The summed E-state index contributed by atoms with van der Waals surface area (Å²) in [6.45, 7) is 4.99. The van der Waals surface area contributed by atoms with Gasteiger partial charge >= 0.3 is 0 Å². The Kier molecular flexibility index (Phi) is 0.669. The van der Waals surface area contributed by atoms with Crippen LogP contribution in [0.15, 0.2) is 0 Å². The lowest BCUT2D eigenvalue weighted by Crippen LogP contribution is -2.16. The van der Waals surface area contributed by atoms with Gasteiger partial charge < -0.3 is 0 Å². The third-order valence-electron chi connectivity index (χ3n) is 4.96. The van der Waals surface area contributed by atoms with E-state index in [-0.39, 0.29) is 0 Å². The van der Waals surface area contributed by atoms with Gasteiger partial charge in [-0.15, -0.1) is 0 Å². The number of hydrogen-bond acceptors (Lipinski definition) is 0. The predicted octanol–water partition coefficient (Wildman–Crippen LogP) is 2.83. The second-order valence-electron chi connectivity index (χ2n) is 5.13. The van der Waals surface area contributed by atoms with Crippen LogP contribution < -0.4 is 0 Å². The van der Waals surface area contributed by atoms with Crippen molar-refractivity contribution in [1.82, 2.24) is 0 Å². The molecule has 0 aromatic carbocycles. The maximum Gasteiger partial charge on any atom is -0.0204 e. The standard InChI is InChI=1S/C10H16/c1-7-3-4-8-5-10(8)6-9(7,10)2/h7-8H,3-6H2,1-2H3. The summed E-state index contributed by atoms with van der Waals surface area (Å²) < 4.78 is 0. The molecule has 0 radical (unpaired) electrons. The van der Waals surface area contributed by atoms with Crippen LogP contribution in [0, 0.1) is 22.7 Å². The highest BCUT2D eigenvalue weighted by molar-refractivity contribution is 5.28. The molecule has 3 saturated carbocycles. The molecule has 0 amide bonds. The molecule has 1 spiro atoms. The van der Waals surface area contributed by atoms with Crippen molar-refractivity contribution < 1.29 is 0 Å². The molecule has 0 saturated heterocycles. The molecule has 3 aliphatic carbocycles. The average molecular weight is 136 g/mol. The quantitative estimate of drug-likeness (QED) is 0.480. The van der Waals surface area contributed by atoms with Crippen molar-refractivity contribution in [3.05, 3.63) is 0 Å². The smallest absolute Gasteiger partial charge is 0.0204 e. The van der Waals surface area contributed by atoms with Gasteiger partial charge in [-0.05, 0) is 48.3 Å². The fraction of sp³-hybridized carbons (Fsp3) is 1.00. The van der Waals surface area contributed by atoms with Crippen LogP contribution in [0.25, 0.3) is 0 Å². The highest BCUT2D eigenvalue weighted by Crippen LogP contribution is 2.87. The fourth-order valence-electron chi connectivity index (χ4n) is 3.72. The average Bonchev–Trinajstić information content (AvgIpc) is 2.68. The van der Waals surface area contributed by atoms with Crippen molar-refractivity contribution in [1.29, 1.82) is 0 Å². The first-order valence-electron chi connectivity index (χ1n) is 4.69. The molecule has 0 bridgehead atoms. The van der Waals surface area contributed by atoms with Crippen LogP contribution in [0.3, 0.4) is 0 Å². The van der Waals surface area contributed by atoms with Crippen LogP contribution in [-0.4, -0.2) is 0 Å². The molecule has 3 rings (SSSR count). The number of rotatable bonds is 0. The molecule has 0 aromatic heterocycles. The van der Waals surface area contributed by atoms with E-state index in [0.29, 0.717) is 0 Å². The molecule has 3 aliphatic rings. The van der Waals surface area contributed by atoms with Crippen LogP contribution >= 0.6 is 0 Å². The van der Waals surface area contributed by atoms with Gasteiger partial charge in [0.2, 0.25) is 0 Å². The van der Waals surface area contributed by atoms with E-state index in [4.69, 9.17) is 0 Å². The zero-order chi connectivity index (χ0) is 6.98. The SMILES string of the molecule is CC1CCC2CC23CC13C.